The molecule has 2 N–H and O–H groups in total. The third-order valence-electron chi connectivity index (χ3n) is 4.60. The smallest absolute Gasteiger partial charge is 0.243 e. The summed E-state index contributed by atoms with van der Waals surface area (Å²) in [6.45, 7) is 6.88. The highest BCUT2D eigenvalue weighted by molar-refractivity contribution is 7.89. The lowest BCUT2D eigenvalue weighted by atomic mass is 10.3. The highest BCUT2D eigenvalue weighted by Gasteiger charge is 2.29. The monoisotopic (exact) mass is 418 g/mol. The van der Waals surface area contributed by atoms with Crippen LogP contribution in [-0.4, -0.2) is 82.7 Å². The fourth-order valence-corrected chi connectivity index (χ4v) is 4.88. The van der Waals surface area contributed by atoms with Gasteiger partial charge in [0.15, 0.2) is 0 Å². The second-order valence-electron chi connectivity index (χ2n) is 6.26. The first-order chi connectivity index (χ1) is 12.6. The Morgan fingerprint density at radius 1 is 0.963 bits per heavy atom. The van der Waals surface area contributed by atoms with E-state index in [0.29, 0.717) is 26.2 Å². The molecule has 0 atom stereocenters. The molecule has 1 aliphatic rings. The Balaban J connectivity index is 2.01. The quantitative estimate of drug-likeness (QED) is 0.638. The van der Waals surface area contributed by atoms with Gasteiger partial charge < -0.3 is 4.90 Å². The van der Waals surface area contributed by atoms with Crippen molar-refractivity contribution >= 4 is 26.0 Å². The van der Waals surface area contributed by atoms with Gasteiger partial charge in [-0.05, 0) is 38.1 Å². The maximum absolute atomic E-state index is 12.7. The van der Waals surface area contributed by atoms with Gasteiger partial charge in [-0.1, -0.05) is 0 Å². The van der Waals surface area contributed by atoms with Gasteiger partial charge in [-0.2, -0.15) is 4.31 Å². The van der Waals surface area contributed by atoms with Crippen LogP contribution in [0.15, 0.2) is 34.1 Å². The fraction of sp³-hybridized carbons (Fsp3) is 0.562. The van der Waals surface area contributed by atoms with Crippen LogP contribution in [-0.2, 0) is 24.8 Å². The van der Waals surface area contributed by atoms with Crippen molar-refractivity contribution in [1.82, 2.24) is 14.1 Å². The molecule has 0 bridgehead atoms. The van der Waals surface area contributed by atoms with E-state index < -0.39 is 20.0 Å². The second-order valence-corrected chi connectivity index (χ2v) is 9.76. The maximum Gasteiger partial charge on any atom is 0.243 e. The first-order valence-corrected chi connectivity index (χ1v) is 11.7. The average molecular weight is 419 g/mol. The van der Waals surface area contributed by atoms with Crippen molar-refractivity contribution in [2.75, 3.05) is 45.8 Å². The molecule has 0 unspecified atom stereocenters. The summed E-state index contributed by atoms with van der Waals surface area (Å²) in [5.41, 5.74) is 0. The number of nitrogens with zero attached hydrogens (tertiary/aromatic N) is 3. The van der Waals surface area contributed by atoms with Crippen molar-refractivity contribution in [2.24, 2.45) is 5.14 Å². The number of sulfonamides is 2. The van der Waals surface area contributed by atoms with E-state index in [4.69, 9.17) is 5.14 Å². The van der Waals surface area contributed by atoms with E-state index in [2.05, 4.69) is 0 Å². The van der Waals surface area contributed by atoms with Gasteiger partial charge in [0.25, 0.3) is 0 Å². The Labute approximate surface area is 160 Å². The normalized spacial score (nSPS) is 17.0. The summed E-state index contributed by atoms with van der Waals surface area (Å²) in [7, 11) is -7.60. The number of nitrogens with two attached hydrogens (primary N) is 1. The number of hydrogen-bond donors (Lipinski definition) is 1. The van der Waals surface area contributed by atoms with Crippen LogP contribution in [0.25, 0.3) is 0 Å². The lowest BCUT2D eigenvalue weighted by Gasteiger charge is -2.34. The summed E-state index contributed by atoms with van der Waals surface area (Å²) in [5, 5.41) is 5.03. The van der Waals surface area contributed by atoms with Crippen molar-refractivity contribution in [2.45, 2.75) is 23.6 Å². The zero-order valence-corrected chi connectivity index (χ0v) is 17.2. The molecular formula is C16H26N4O5S2. The molecule has 0 saturated carbocycles. The molecule has 0 spiro atoms. The Kier molecular flexibility index (Phi) is 6.98. The van der Waals surface area contributed by atoms with Crippen molar-refractivity contribution in [3.63, 3.8) is 0 Å². The molecule has 1 heterocycles. The molecule has 27 heavy (non-hydrogen) atoms. The molecule has 152 valence electrons. The molecule has 1 amide bonds. The van der Waals surface area contributed by atoms with Crippen LogP contribution in [0.2, 0.25) is 0 Å². The lowest BCUT2D eigenvalue weighted by Crippen LogP contribution is -2.51. The van der Waals surface area contributed by atoms with Crippen LogP contribution in [0.4, 0.5) is 0 Å². The van der Waals surface area contributed by atoms with Crippen molar-refractivity contribution in [3.05, 3.63) is 24.3 Å². The second kappa shape index (κ2) is 8.65. The predicted molar refractivity (Wildman–Crippen MR) is 101 cm³/mol. The van der Waals surface area contributed by atoms with E-state index in [9.17, 15) is 21.6 Å². The first kappa shape index (κ1) is 21.8. The van der Waals surface area contributed by atoms with Crippen LogP contribution in [0.5, 0.6) is 0 Å². The number of benzene rings is 1. The third-order valence-corrected chi connectivity index (χ3v) is 7.44. The van der Waals surface area contributed by atoms with Gasteiger partial charge >= 0.3 is 0 Å². The fourth-order valence-electron chi connectivity index (χ4n) is 2.95. The minimum Gasteiger partial charge on any atom is -0.342 e. The number of carbonyl (C=O) groups is 1. The largest absolute Gasteiger partial charge is 0.342 e. The van der Waals surface area contributed by atoms with Crippen LogP contribution >= 0.6 is 0 Å². The Morgan fingerprint density at radius 2 is 1.44 bits per heavy atom. The summed E-state index contributed by atoms with van der Waals surface area (Å²) >= 11 is 0. The van der Waals surface area contributed by atoms with Crippen LogP contribution < -0.4 is 5.14 Å². The molecule has 0 aromatic heterocycles. The Morgan fingerprint density at radius 3 is 1.89 bits per heavy atom. The molecule has 0 radical (unpaired) electrons. The molecule has 1 saturated heterocycles. The molecule has 2 rings (SSSR count). The average Bonchev–Trinajstić information content (AvgIpc) is 2.62. The molecule has 1 aromatic rings. The molecular weight excluding hydrogens is 392 g/mol. The minimum absolute atomic E-state index is 0.0163. The van der Waals surface area contributed by atoms with Gasteiger partial charge in [-0.25, -0.2) is 22.0 Å². The van der Waals surface area contributed by atoms with Gasteiger partial charge in [0.05, 0.1) is 16.3 Å². The van der Waals surface area contributed by atoms with Crippen molar-refractivity contribution in [3.8, 4) is 0 Å². The van der Waals surface area contributed by atoms with Gasteiger partial charge in [0.1, 0.15) is 0 Å². The summed E-state index contributed by atoms with van der Waals surface area (Å²) in [5.74, 6) is 0.0369. The molecule has 1 aliphatic heterocycles. The molecule has 0 aliphatic carbocycles. The summed E-state index contributed by atoms with van der Waals surface area (Å²) in [6, 6.07) is 4.85. The zero-order valence-electron chi connectivity index (χ0n) is 15.5. The predicted octanol–water partition coefficient (Wildman–Crippen LogP) is -0.491. The molecule has 1 fully saturated rings. The van der Waals surface area contributed by atoms with E-state index in [-0.39, 0.29) is 35.3 Å². The molecule has 11 heteroatoms. The summed E-state index contributed by atoms with van der Waals surface area (Å²) in [4.78, 5) is 15.7. The first-order valence-electron chi connectivity index (χ1n) is 8.72. The zero-order chi connectivity index (χ0) is 20.2. The van der Waals surface area contributed by atoms with E-state index in [1.54, 1.807) is 4.90 Å². The summed E-state index contributed by atoms with van der Waals surface area (Å²) in [6.07, 6.45) is 0. The highest BCUT2D eigenvalue weighted by atomic mass is 32.2. The number of amides is 1. The molecule has 1 aromatic carbocycles. The van der Waals surface area contributed by atoms with Crippen molar-refractivity contribution < 1.29 is 21.6 Å². The van der Waals surface area contributed by atoms with Crippen LogP contribution in [0, 0.1) is 0 Å². The standard InChI is InChI=1S/C16H26N4O5S2/c1-3-19(4-2)16(21)13-18-9-11-20(12-10-18)27(24,25)15-7-5-14(6-8-15)26(17,22)23/h5-8H,3-4,9-13H2,1-2H3,(H2,17,22,23). The number of piperazine rings is 1. The maximum atomic E-state index is 12.7. The highest BCUT2D eigenvalue weighted by Crippen LogP contribution is 2.19. The van der Waals surface area contributed by atoms with E-state index in [0.717, 1.165) is 0 Å². The number of primary sulfonamides is 1. The number of likely N-dealkylation sites (N-methyl/N-ethyl adjacent to an activating group) is 1. The van der Waals surface area contributed by atoms with Crippen molar-refractivity contribution in [1.29, 1.82) is 0 Å². The molecule has 9 nitrogen and oxygen atoms in total. The minimum atomic E-state index is -3.87. The van der Waals surface area contributed by atoms with Gasteiger partial charge in [0.2, 0.25) is 26.0 Å². The third kappa shape index (κ3) is 5.26. The topological polar surface area (TPSA) is 121 Å². The van der Waals surface area contributed by atoms with Gasteiger partial charge in [0, 0.05) is 39.3 Å². The van der Waals surface area contributed by atoms with E-state index in [1.807, 2.05) is 18.7 Å². The van der Waals surface area contributed by atoms with E-state index in [1.165, 1.54) is 28.6 Å². The van der Waals surface area contributed by atoms with Gasteiger partial charge in [-0.3, -0.25) is 9.69 Å². The Hall–Kier alpha value is -1.53. The lowest BCUT2D eigenvalue weighted by molar-refractivity contribution is -0.132. The SMILES string of the molecule is CCN(CC)C(=O)CN1CCN(S(=O)(=O)c2ccc(S(N)(=O)=O)cc2)CC1. The Bertz CT molecular complexity index is 857. The number of carbonyl (C=O) groups excluding carboxylic acids is 1. The van der Waals surface area contributed by atoms with Crippen LogP contribution in [0.3, 0.4) is 0 Å². The number of rotatable bonds is 7. The number of hydrogen-bond acceptors (Lipinski definition) is 6. The van der Waals surface area contributed by atoms with Gasteiger partial charge in [-0.15, -0.1) is 0 Å². The summed E-state index contributed by atoms with van der Waals surface area (Å²) < 4.78 is 49.4. The van der Waals surface area contributed by atoms with Crippen LogP contribution in [0.1, 0.15) is 13.8 Å². The van der Waals surface area contributed by atoms with E-state index >= 15 is 0 Å².